The summed E-state index contributed by atoms with van der Waals surface area (Å²) in [5, 5.41) is 8.87. The Morgan fingerprint density at radius 3 is 2.65 bits per heavy atom. The molecule has 0 fully saturated rings. The Labute approximate surface area is 93.9 Å². The maximum Gasteiger partial charge on any atom is 0.354 e. The van der Waals surface area contributed by atoms with Crippen molar-refractivity contribution in [1.29, 1.82) is 0 Å². The van der Waals surface area contributed by atoms with Gasteiger partial charge in [0, 0.05) is 5.56 Å². The van der Waals surface area contributed by atoms with E-state index in [2.05, 4.69) is 9.97 Å². The number of carboxylic acid groups (broad SMARTS) is 1. The van der Waals surface area contributed by atoms with E-state index in [-0.39, 0.29) is 22.9 Å². The molecule has 0 radical (unpaired) electrons. The molecule has 2 rings (SSSR count). The minimum atomic E-state index is -1.28. The molecule has 1 aromatic carbocycles. The van der Waals surface area contributed by atoms with Crippen LogP contribution in [-0.4, -0.2) is 21.0 Å². The summed E-state index contributed by atoms with van der Waals surface area (Å²) in [4.78, 5) is 16.9. The standard InChI is InChI=1S/C10H7F2N3O2/c11-5-2-1-4(3-6(5)12)7-8(9(16)17)15-10(13)14-7/h1-3H,(H,16,17)(H3,13,14,15). The quantitative estimate of drug-likeness (QED) is 0.742. The van der Waals surface area contributed by atoms with Crippen molar-refractivity contribution in [3.8, 4) is 11.3 Å². The first-order chi connectivity index (χ1) is 7.99. The number of imidazole rings is 1. The average molecular weight is 239 g/mol. The number of carbonyl (C=O) groups is 1. The highest BCUT2D eigenvalue weighted by atomic mass is 19.2. The van der Waals surface area contributed by atoms with Gasteiger partial charge in [0.25, 0.3) is 0 Å². The number of nitrogens with one attached hydrogen (secondary N) is 1. The number of nitrogens with two attached hydrogens (primary N) is 1. The summed E-state index contributed by atoms with van der Waals surface area (Å²) in [6.45, 7) is 0. The molecule has 0 unspecified atom stereocenters. The van der Waals surface area contributed by atoms with Gasteiger partial charge in [0.2, 0.25) is 0 Å². The van der Waals surface area contributed by atoms with Crippen molar-refractivity contribution in [3.05, 3.63) is 35.5 Å². The maximum absolute atomic E-state index is 13.0. The van der Waals surface area contributed by atoms with Crippen LogP contribution >= 0.6 is 0 Å². The molecule has 5 nitrogen and oxygen atoms in total. The Morgan fingerprint density at radius 1 is 1.35 bits per heavy atom. The third kappa shape index (κ3) is 1.94. The first-order valence-electron chi connectivity index (χ1n) is 4.53. The van der Waals surface area contributed by atoms with E-state index >= 15 is 0 Å². The molecule has 1 heterocycles. The molecule has 4 N–H and O–H groups in total. The highest BCUT2D eigenvalue weighted by molar-refractivity contribution is 5.93. The lowest BCUT2D eigenvalue weighted by Crippen LogP contribution is -1.99. The number of aromatic amines is 1. The van der Waals surface area contributed by atoms with E-state index in [1.165, 1.54) is 6.07 Å². The van der Waals surface area contributed by atoms with Crippen molar-refractivity contribution in [1.82, 2.24) is 9.97 Å². The Hall–Kier alpha value is -2.44. The molecule has 2 aromatic rings. The summed E-state index contributed by atoms with van der Waals surface area (Å²) in [5.74, 6) is -3.49. The number of nitrogens with zero attached hydrogens (tertiary/aromatic N) is 1. The smallest absolute Gasteiger partial charge is 0.354 e. The van der Waals surface area contributed by atoms with E-state index in [1.54, 1.807) is 0 Å². The number of hydrogen-bond donors (Lipinski definition) is 3. The number of carboxylic acids is 1. The molecule has 0 amide bonds. The second-order valence-corrected chi connectivity index (χ2v) is 3.28. The number of nitrogen functional groups attached to an aromatic ring is 1. The predicted molar refractivity (Wildman–Crippen MR) is 55.3 cm³/mol. The van der Waals surface area contributed by atoms with Crippen LogP contribution in [0.3, 0.4) is 0 Å². The lowest BCUT2D eigenvalue weighted by atomic mass is 10.1. The lowest BCUT2D eigenvalue weighted by molar-refractivity contribution is 0.0692. The predicted octanol–water partition coefficient (Wildman–Crippen LogP) is 1.64. The molecule has 0 aliphatic rings. The number of hydrogen-bond acceptors (Lipinski definition) is 3. The van der Waals surface area contributed by atoms with Crippen LogP contribution in [0, 0.1) is 11.6 Å². The summed E-state index contributed by atoms with van der Waals surface area (Å²) < 4.78 is 25.7. The number of H-pyrrole nitrogens is 1. The van der Waals surface area contributed by atoms with Crippen LogP contribution in [0.5, 0.6) is 0 Å². The zero-order valence-corrected chi connectivity index (χ0v) is 8.37. The van der Waals surface area contributed by atoms with Crippen molar-refractivity contribution in [3.63, 3.8) is 0 Å². The molecule has 17 heavy (non-hydrogen) atoms. The molecule has 0 bridgehead atoms. The summed E-state index contributed by atoms with van der Waals surface area (Å²) in [5.41, 5.74) is 5.15. The molecule has 0 atom stereocenters. The molecular formula is C10H7F2N3O2. The van der Waals surface area contributed by atoms with Crippen molar-refractivity contribution >= 4 is 11.9 Å². The Bertz CT molecular complexity index is 595. The van der Waals surface area contributed by atoms with Gasteiger partial charge in [-0.2, -0.15) is 0 Å². The number of halogens is 2. The minimum Gasteiger partial charge on any atom is -0.477 e. The van der Waals surface area contributed by atoms with Crippen LogP contribution < -0.4 is 5.73 Å². The van der Waals surface area contributed by atoms with Crippen molar-refractivity contribution in [2.75, 3.05) is 5.73 Å². The zero-order chi connectivity index (χ0) is 12.6. The monoisotopic (exact) mass is 239 g/mol. The van der Waals surface area contributed by atoms with Gasteiger partial charge in [-0.1, -0.05) is 0 Å². The molecule has 0 aliphatic heterocycles. The van der Waals surface area contributed by atoms with Gasteiger partial charge >= 0.3 is 5.97 Å². The average Bonchev–Trinajstić information content (AvgIpc) is 2.64. The summed E-state index contributed by atoms with van der Waals surface area (Å²) >= 11 is 0. The van der Waals surface area contributed by atoms with Gasteiger partial charge in [-0.25, -0.2) is 18.6 Å². The van der Waals surface area contributed by atoms with Crippen molar-refractivity contribution in [2.45, 2.75) is 0 Å². The molecule has 1 aromatic heterocycles. The van der Waals surface area contributed by atoms with Crippen molar-refractivity contribution < 1.29 is 18.7 Å². The molecular weight excluding hydrogens is 232 g/mol. The summed E-state index contributed by atoms with van der Waals surface area (Å²) in [6.07, 6.45) is 0. The van der Waals surface area contributed by atoms with Gasteiger partial charge in [0.1, 0.15) is 5.69 Å². The van der Waals surface area contributed by atoms with E-state index in [0.29, 0.717) is 0 Å². The Kier molecular flexibility index (Phi) is 2.51. The largest absolute Gasteiger partial charge is 0.477 e. The number of anilines is 1. The van der Waals surface area contributed by atoms with E-state index in [4.69, 9.17) is 10.8 Å². The van der Waals surface area contributed by atoms with Gasteiger partial charge in [-0.05, 0) is 18.2 Å². The number of benzene rings is 1. The number of aromatic carboxylic acids is 1. The SMILES string of the molecule is Nc1nc(-c2ccc(F)c(F)c2)c(C(=O)O)[nH]1. The molecule has 0 saturated heterocycles. The molecule has 0 aliphatic carbocycles. The fraction of sp³-hybridized carbons (Fsp3) is 0. The van der Waals surface area contributed by atoms with E-state index in [1.807, 2.05) is 0 Å². The maximum atomic E-state index is 13.0. The summed E-state index contributed by atoms with van der Waals surface area (Å²) in [6, 6.07) is 2.97. The van der Waals surface area contributed by atoms with Crippen LogP contribution in [0.4, 0.5) is 14.7 Å². The van der Waals surface area contributed by atoms with Crippen LogP contribution in [0.1, 0.15) is 10.5 Å². The van der Waals surface area contributed by atoms with E-state index in [9.17, 15) is 13.6 Å². The first-order valence-corrected chi connectivity index (χ1v) is 4.53. The van der Waals surface area contributed by atoms with Gasteiger partial charge in [-0.3, -0.25) is 0 Å². The third-order valence-corrected chi connectivity index (χ3v) is 2.13. The molecule has 0 spiro atoms. The van der Waals surface area contributed by atoms with Gasteiger partial charge in [-0.15, -0.1) is 0 Å². The molecule has 88 valence electrons. The van der Waals surface area contributed by atoms with Gasteiger partial charge in [0.15, 0.2) is 23.3 Å². The van der Waals surface area contributed by atoms with Gasteiger partial charge in [0.05, 0.1) is 0 Å². The van der Waals surface area contributed by atoms with Crippen LogP contribution in [-0.2, 0) is 0 Å². The van der Waals surface area contributed by atoms with Crippen LogP contribution in [0.25, 0.3) is 11.3 Å². The number of aromatic nitrogens is 2. The zero-order valence-electron chi connectivity index (χ0n) is 8.37. The fourth-order valence-electron chi connectivity index (χ4n) is 1.40. The normalized spacial score (nSPS) is 10.5. The topological polar surface area (TPSA) is 92.0 Å². The fourth-order valence-corrected chi connectivity index (χ4v) is 1.40. The second-order valence-electron chi connectivity index (χ2n) is 3.28. The molecule has 0 saturated carbocycles. The Balaban J connectivity index is 2.59. The third-order valence-electron chi connectivity index (χ3n) is 2.13. The van der Waals surface area contributed by atoms with Crippen LogP contribution in [0.15, 0.2) is 18.2 Å². The number of rotatable bonds is 2. The Morgan fingerprint density at radius 2 is 2.06 bits per heavy atom. The highest BCUT2D eigenvalue weighted by Gasteiger charge is 2.18. The minimum absolute atomic E-state index is 0.0334. The molecule has 7 heteroatoms. The lowest BCUT2D eigenvalue weighted by Gasteiger charge is -1.99. The summed E-state index contributed by atoms with van der Waals surface area (Å²) in [7, 11) is 0. The van der Waals surface area contributed by atoms with Crippen molar-refractivity contribution in [2.24, 2.45) is 0 Å². The van der Waals surface area contributed by atoms with Gasteiger partial charge < -0.3 is 15.8 Å². The van der Waals surface area contributed by atoms with E-state index in [0.717, 1.165) is 12.1 Å². The van der Waals surface area contributed by atoms with E-state index < -0.39 is 17.6 Å². The highest BCUT2D eigenvalue weighted by Crippen LogP contribution is 2.24. The second kappa shape index (κ2) is 3.85. The van der Waals surface area contributed by atoms with Crippen LogP contribution in [0.2, 0.25) is 0 Å². The first kappa shape index (κ1) is 11.1.